The van der Waals surface area contributed by atoms with E-state index in [4.69, 9.17) is 14.2 Å². The van der Waals surface area contributed by atoms with Crippen LogP contribution in [0.5, 0.6) is 0 Å². The van der Waals surface area contributed by atoms with E-state index >= 15 is 0 Å². The molecule has 2 fully saturated rings. The van der Waals surface area contributed by atoms with Crippen LogP contribution >= 0.6 is 0 Å². The number of carbonyl (C=O) groups is 1. The Morgan fingerprint density at radius 2 is 1.88 bits per heavy atom. The van der Waals surface area contributed by atoms with Gasteiger partial charge in [0.2, 0.25) is 6.29 Å². The molecule has 0 amide bonds. The second-order valence-corrected chi connectivity index (χ2v) is 7.29. The quantitative estimate of drug-likeness (QED) is 0.281. The van der Waals surface area contributed by atoms with E-state index in [2.05, 4.69) is 0 Å². The first-order valence-corrected chi connectivity index (χ1v) is 8.37. The molecule has 10 nitrogen and oxygen atoms in total. The van der Waals surface area contributed by atoms with Crippen molar-refractivity contribution in [3.63, 3.8) is 0 Å². The molecule has 10 heteroatoms. The predicted molar refractivity (Wildman–Crippen MR) is 82.2 cm³/mol. The number of rotatable bonds is 4. The monoisotopic (exact) mass is 376 g/mol. The van der Waals surface area contributed by atoms with Crippen molar-refractivity contribution in [2.75, 3.05) is 6.61 Å². The highest BCUT2D eigenvalue weighted by Gasteiger charge is 2.62. The zero-order valence-corrected chi connectivity index (χ0v) is 14.1. The van der Waals surface area contributed by atoms with Crippen LogP contribution in [0.25, 0.3) is 0 Å². The third-order valence-electron chi connectivity index (χ3n) is 5.54. The Balaban J connectivity index is 1.85. The lowest BCUT2D eigenvalue weighted by atomic mass is 9.78. The molecule has 1 saturated heterocycles. The molecular formula is C16H24O10. The molecule has 2 heterocycles. The van der Waals surface area contributed by atoms with Gasteiger partial charge in [0.15, 0.2) is 12.6 Å². The van der Waals surface area contributed by atoms with Crippen LogP contribution in [0.2, 0.25) is 0 Å². The van der Waals surface area contributed by atoms with Crippen LogP contribution in [-0.4, -0.2) is 91.7 Å². The number of aldehydes is 1. The van der Waals surface area contributed by atoms with Gasteiger partial charge in [-0.3, -0.25) is 4.79 Å². The second kappa shape index (κ2) is 6.80. The highest BCUT2D eigenvalue weighted by atomic mass is 16.8. The summed E-state index contributed by atoms with van der Waals surface area (Å²) in [6, 6.07) is 0. The van der Waals surface area contributed by atoms with Crippen LogP contribution in [0.4, 0.5) is 0 Å². The predicted octanol–water partition coefficient (Wildman–Crippen LogP) is -2.87. The largest absolute Gasteiger partial charge is 0.471 e. The average Bonchev–Trinajstić information content (AvgIpc) is 2.86. The van der Waals surface area contributed by atoms with E-state index in [1.165, 1.54) is 6.92 Å². The van der Waals surface area contributed by atoms with Crippen molar-refractivity contribution in [1.29, 1.82) is 0 Å². The van der Waals surface area contributed by atoms with Gasteiger partial charge >= 0.3 is 0 Å². The molecular weight excluding hydrogens is 352 g/mol. The molecule has 1 aliphatic carbocycles. The smallest absolute Gasteiger partial charge is 0.210 e. The van der Waals surface area contributed by atoms with Crippen molar-refractivity contribution in [3.05, 3.63) is 11.8 Å². The van der Waals surface area contributed by atoms with Crippen LogP contribution in [0, 0.1) is 5.92 Å². The SMILES string of the molecule is C[C@]1(O)CC[C@]2(O)C(C=O)=CO[C@@H](O[C@@H]3O[C@H](CO)[C@@H](O)[C@H](O)[C@@H]3O)[C@H]12. The zero-order valence-electron chi connectivity index (χ0n) is 14.1. The first-order valence-electron chi connectivity index (χ1n) is 8.37. The van der Waals surface area contributed by atoms with Gasteiger partial charge in [0.25, 0.3) is 0 Å². The second-order valence-electron chi connectivity index (χ2n) is 7.29. The molecule has 0 aromatic rings. The van der Waals surface area contributed by atoms with Crippen molar-refractivity contribution in [2.24, 2.45) is 5.92 Å². The Morgan fingerprint density at radius 3 is 2.50 bits per heavy atom. The summed E-state index contributed by atoms with van der Waals surface area (Å²) in [5.74, 6) is -1.06. The van der Waals surface area contributed by atoms with E-state index < -0.39 is 60.7 Å². The Kier molecular flexibility index (Phi) is 5.14. The summed E-state index contributed by atoms with van der Waals surface area (Å²) >= 11 is 0. The third-order valence-corrected chi connectivity index (χ3v) is 5.54. The molecule has 0 aromatic heterocycles. The molecule has 3 aliphatic rings. The maximum absolute atomic E-state index is 11.2. The highest BCUT2D eigenvalue weighted by Crippen LogP contribution is 2.51. The van der Waals surface area contributed by atoms with Gasteiger partial charge in [0.05, 0.1) is 30.0 Å². The molecule has 2 aliphatic heterocycles. The molecule has 9 atom stereocenters. The van der Waals surface area contributed by atoms with Gasteiger partial charge in [-0.2, -0.15) is 0 Å². The van der Waals surface area contributed by atoms with Crippen LogP contribution in [0.15, 0.2) is 11.8 Å². The Bertz CT molecular complexity index is 575. The number of ether oxygens (including phenoxy) is 3. The molecule has 26 heavy (non-hydrogen) atoms. The summed E-state index contributed by atoms with van der Waals surface area (Å²) in [7, 11) is 0. The van der Waals surface area contributed by atoms with Gasteiger partial charge in [-0.15, -0.1) is 0 Å². The van der Waals surface area contributed by atoms with E-state index in [-0.39, 0.29) is 18.4 Å². The Morgan fingerprint density at radius 1 is 1.19 bits per heavy atom. The fourth-order valence-corrected chi connectivity index (χ4v) is 3.98. The molecule has 3 rings (SSSR count). The van der Waals surface area contributed by atoms with Crippen LogP contribution < -0.4 is 0 Å². The van der Waals surface area contributed by atoms with Crippen molar-refractivity contribution < 1.29 is 49.6 Å². The normalized spacial score (nSPS) is 51.3. The van der Waals surface area contributed by atoms with Gasteiger partial charge in [-0.25, -0.2) is 0 Å². The number of fused-ring (bicyclic) bond motifs is 1. The molecule has 0 bridgehead atoms. The number of carbonyl (C=O) groups excluding carboxylic acids is 1. The van der Waals surface area contributed by atoms with E-state index in [0.717, 1.165) is 6.26 Å². The van der Waals surface area contributed by atoms with Gasteiger partial charge in [0, 0.05) is 0 Å². The molecule has 0 spiro atoms. The van der Waals surface area contributed by atoms with E-state index in [1.807, 2.05) is 0 Å². The van der Waals surface area contributed by atoms with Gasteiger partial charge in [-0.1, -0.05) is 0 Å². The average molecular weight is 376 g/mol. The maximum atomic E-state index is 11.2. The Labute approximate surface area is 149 Å². The fraction of sp³-hybridized carbons (Fsp3) is 0.812. The van der Waals surface area contributed by atoms with Gasteiger partial charge < -0.3 is 44.8 Å². The number of aliphatic hydroxyl groups excluding tert-OH is 4. The molecule has 1 saturated carbocycles. The lowest BCUT2D eigenvalue weighted by Gasteiger charge is -2.46. The maximum Gasteiger partial charge on any atom is 0.210 e. The third kappa shape index (κ3) is 2.96. The summed E-state index contributed by atoms with van der Waals surface area (Å²) < 4.78 is 16.2. The molecule has 0 unspecified atom stereocenters. The summed E-state index contributed by atoms with van der Waals surface area (Å²) in [6.45, 7) is 0.840. The first-order chi connectivity index (χ1) is 12.2. The number of hydrogen-bond acceptors (Lipinski definition) is 10. The standard InChI is InChI=1S/C16H24O10/c1-15(22)2-3-16(23)7(4-17)6-24-14(12(15)16)26-13-11(21)10(20)9(19)8(5-18)25-13/h4,6,8-14,18-23H,2-3,5H2,1H3/t8-,9-,10+,11+,12-,13+,14+,15+,16+/m1/s1. The van der Waals surface area contributed by atoms with Crippen molar-refractivity contribution >= 4 is 6.29 Å². The van der Waals surface area contributed by atoms with Crippen LogP contribution in [-0.2, 0) is 19.0 Å². The minimum Gasteiger partial charge on any atom is -0.471 e. The Hall–Kier alpha value is -1.11. The van der Waals surface area contributed by atoms with E-state index in [9.17, 15) is 35.4 Å². The summed E-state index contributed by atoms with van der Waals surface area (Å²) in [5.41, 5.74) is -3.15. The summed E-state index contributed by atoms with van der Waals surface area (Å²) in [6.07, 6.45) is -7.07. The van der Waals surface area contributed by atoms with Crippen LogP contribution in [0.3, 0.4) is 0 Å². The number of aliphatic hydroxyl groups is 6. The minimum atomic E-state index is -1.68. The topological polar surface area (TPSA) is 166 Å². The molecule has 0 aromatic carbocycles. The molecule has 148 valence electrons. The highest BCUT2D eigenvalue weighted by molar-refractivity contribution is 5.76. The zero-order chi connectivity index (χ0) is 19.3. The van der Waals surface area contributed by atoms with Crippen molar-refractivity contribution in [1.82, 2.24) is 0 Å². The summed E-state index contributed by atoms with van der Waals surface area (Å²) in [4.78, 5) is 11.2. The lowest BCUT2D eigenvalue weighted by molar-refractivity contribution is -0.351. The van der Waals surface area contributed by atoms with Gasteiger partial charge in [-0.05, 0) is 19.8 Å². The van der Waals surface area contributed by atoms with Gasteiger partial charge in [0.1, 0.15) is 30.0 Å². The first kappa shape index (κ1) is 19.6. The van der Waals surface area contributed by atoms with E-state index in [1.54, 1.807) is 0 Å². The van der Waals surface area contributed by atoms with E-state index in [0.29, 0.717) is 6.29 Å². The van der Waals surface area contributed by atoms with Crippen molar-refractivity contribution in [2.45, 2.75) is 68.0 Å². The minimum absolute atomic E-state index is 0.0334. The molecule has 6 N–H and O–H groups in total. The van der Waals surface area contributed by atoms with Crippen molar-refractivity contribution in [3.8, 4) is 0 Å². The summed E-state index contributed by atoms with van der Waals surface area (Å²) in [5, 5.41) is 60.5. The fourth-order valence-electron chi connectivity index (χ4n) is 3.98. The molecule has 0 radical (unpaired) electrons. The number of hydrogen-bond donors (Lipinski definition) is 6. The lowest BCUT2D eigenvalue weighted by Crippen LogP contribution is -2.62. The van der Waals surface area contributed by atoms with Crippen LogP contribution in [0.1, 0.15) is 19.8 Å².